The highest BCUT2D eigenvalue weighted by atomic mass is 35.5. The molecular formula is C28H25ClN2O5. The van der Waals surface area contributed by atoms with Gasteiger partial charge in [0.2, 0.25) is 5.91 Å². The molecule has 0 atom stereocenters. The van der Waals surface area contributed by atoms with Gasteiger partial charge in [0.05, 0.1) is 28.9 Å². The second kappa shape index (κ2) is 11.1. The molecule has 1 N–H and O–H groups in total. The number of nitrogens with zero attached hydrogens (tertiary/aromatic N) is 1. The van der Waals surface area contributed by atoms with Crippen LogP contribution in [0.1, 0.15) is 39.8 Å². The number of amides is 1. The predicted octanol–water partition coefficient (Wildman–Crippen LogP) is 5.90. The van der Waals surface area contributed by atoms with Crippen molar-refractivity contribution in [3.63, 3.8) is 0 Å². The van der Waals surface area contributed by atoms with E-state index in [0.29, 0.717) is 22.3 Å². The van der Waals surface area contributed by atoms with Gasteiger partial charge >= 0.3 is 11.9 Å². The number of fused-ring (bicyclic) bond motifs is 1. The number of para-hydroxylation sites is 2. The highest BCUT2D eigenvalue weighted by Gasteiger charge is 2.23. The van der Waals surface area contributed by atoms with Crippen LogP contribution in [0.25, 0.3) is 16.6 Å². The molecule has 4 aromatic rings. The maximum atomic E-state index is 13.0. The molecule has 1 aromatic heterocycles. The fourth-order valence-electron chi connectivity index (χ4n) is 4.06. The Hall–Kier alpha value is -4.10. The van der Waals surface area contributed by atoms with Crippen LogP contribution in [-0.2, 0) is 9.53 Å². The summed E-state index contributed by atoms with van der Waals surface area (Å²) in [4.78, 5) is 37.9. The van der Waals surface area contributed by atoms with Crippen LogP contribution in [0.4, 0.5) is 5.69 Å². The third kappa shape index (κ3) is 5.11. The zero-order chi connectivity index (χ0) is 25.7. The van der Waals surface area contributed by atoms with Gasteiger partial charge in [-0.2, -0.15) is 0 Å². The molecule has 0 aliphatic heterocycles. The van der Waals surface area contributed by atoms with E-state index in [9.17, 15) is 14.4 Å². The highest BCUT2D eigenvalue weighted by Crippen LogP contribution is 2.33. The van der Waals surface area contributed by atoms with Crippen molar-refractivity contribution >= 4 is 46.0 Å². The Balaban J connectivity index is 1.73. The molecule has 0 aliphatic rings. The van der Waals surface area contributed by atoms with Gasteiger partial charge in [-0.05, 0) is 56.3 Å². The normalized spacial score (nSPS) is 10.8. The second-order valence-corrected chi connectivity index (χ2v) is 8.33. The minimum absolute atomic E-state index is 0.121. The topological polar surface area (TPSA) is 86.6 Å². The molecule has 8 heteroatoms. The number of anilines is 1. The van der Waals surface area contributed by atoms with Crippen LogP contribution in [0.3, 0.4) is 0 Å². The van der Waals surface area contributed by atoms with Crippen molar-refractivity contribution in [3.8, 4) is 11.4 Å². The highest BCUT2D eigenvalue weighted by molar-refractivity contribution is 6.19. The van der Waals surface area contributed by atoms with Crippen LogP contribution in [0, 0.1) is 6.92 Å². The number of esters is 2. The zero-order valence-corrected chi connectivity index (χ0v) is 20.7. The fraction of sp³-hybridized carbons (Fsp3) is 0.179. The molecule has 0 fully saturated rings. The summed E-state index contributed by atoms with van der Waals surface area (Å²) in [5, 5.41) is 3.29. The first kappa shape index (κ1) is 25.0. The molecule has 0 unspecified atom stereocenters. The summed E-state index contributed by atoms with van der Waals surface area (Å²) >= 11 is 5.64. The van der Waals surface area contributed by atoms with Gasteiger partial charge in [-0.3, -0.25) is 4.79 Å². The van der Waals surface area contributed by atoms with Gasteiger partial charge in [-0.25, -0.2) is 9.59 Å². The standard InChI is InChI=1S/C28H25ClN2O5/c1-3-35-28(34)26-18(2)31(19-9-5-4-6-10-19)24-14-13-20(17-22(24)26)36-27(33)21-11-7-8-12-23(21)30-25(32)15-16-29/h4-14,17H,3,15-16H2,1-2H3,(H,30,32). The minimum atomic E-state index is -0.645. The molecule has 0 bridgehead atoms. The van der Waals surface area contributed by atoms with Gasteiger partial charge in [-0.15, -0.1) is 11.6 Å². The summed E-state index contributed by atoms with van der Waals surface area (Å²) in [6.45, 7) is 3.84. The van der Waals surface area contributed by atoms with Crippen LogP contribution >= 0.6 is 11.6 Å². The summed E-state index contributed by atoms with van der Waals surface area (Å²) in [6.07, 6.45) is 0.121. The monoisotopic (exact) mass is 504 g/mol. The molecule has 0 saturated carbocycles. The number of halogens is 1. The van der Waals surface area contributed by atoms with Gasteiger partial charge in [-0.1, -0.05) is 30.3 Å². The van der Waals surface area contributed by atoms with E-state index in [4.69, 9.17) is 21.1 Å². The first-order chi connectivity index (χ1) is 17.4. The number of aromatic nitrogens is 1. The molecule has 0 spiro atoms. The van der Waals surface area contributed by atoms with Crippen LogP contribution in [-0.4, -0.2) is 34.9 Å². The van der Waals surface area contributed by atoms with Crippen molar-refractivity contribution in [2.24, 2.45) is 0 Å². The Kier molecular flexibility index (Phi) is 7.71. The molecule has 0 aliphatic carbocycles. The fourth-order valence-corrected chi connectivity index (χ4v) is 4.23. The van der Waals surface area contributed by atoms with Gasteiger partial charge in [0.1, 0.15) is 5.75 Å². The first-order valence-electron chi connectivity index (χ1n) is 11.5. The second-order valence-electron chi connectivity index (χ2n) is 7.95. The van der Waals surface area contributed by atoms with Crippen LogP contribution in [0.2, 0.25) is 0 Å². The number of nitrogens with one attached hydrogen (secondary N) is 1. The van der Waals surface area contributed by atoms with Gasteiger partial charge in [0, 0.05) is 29.1 Å². The number of hydrogen-bond acceptors (Lipinski definition) is 5. The minimum Gasteiger partial charge on any atom is -0.462 e. The molecule has 1 amide bonds. The van der Waals surface area contributed by atoms with E-state index in [-0.39, 0.29) is 36.1 Å². The molecule has 0 saturated heterocycles. The Bertz CT molecular complexity index is 1430. The number of carbonyl (C=O) groups is 3. The van der Waals surface area contributed by atoms with Crippen molar-refractivity contribution in [2.75, 3.05) is 17.8 Å². The van der Waals surface area contributed by atoms with E-state index in [1.165, 1.54) is 0 Å². The molecular weight excluding hydrogens is 480 g/mol. The number of benzene rings is 3. The maximum Gasteiger partial charge on any atom is 0.345 e. The molecule has 4 rings (SSSR count). The van der Waals surface area contributed by atoms with Crippen molar-refractivity contribution in [1.82, 2.24) is 4.57 Å². The lowest BCUT2D eigenvalue weighted by Gasteiger charge is -2.11. The van der Waals surface area contributed by atoms with E-state index in [1.54, 1.807) is 49.4 Å². The summed E-state index contributed by atoms with van der Waals surface area (Å²) < 4.78 is 12.9. The quantitative estimate of drug-likeness (QED) is 0.183. The largest absolute Gasteiger partial charge is 0.462 e. The SMILES string of the molecule is CCOC(=O)c1c(C)n(-c2ccccc2)c2ccc(OC(=O)c3ccccc3NC(=O)CCCl)cc12. The Morgan fingerprint density at radius 2 is 1.67 bits per heavy atom. The molecule has 184 valence electrons. The van der Waals surface area contributed by atoms with E-state index < -0.39 is 11.9 Å². The van der Waals surface area contributed by atoms with E-state index >= 15 is 0 Å². The third-order valence-electron chi connectivity index (χ3n) is 5.62. The summed E-state index contributed by atoms with van der Waals surface area (Å²) in [6, 6.07) is 21.4. The average molecular weight is 505 g/mol. The van der Waals surface area contributed by atoms with E-state index in [2.05, 4.69) is 5.32 Å². The van der Waals surface area contributed by atoms with Crippen molar-refractivity contribution in [1.29, 1.82) is 0 Å². The van der Waals surface area contributed by atoms with Crippen molar-refractivity contribution in [3.05, 3.63) is 89.6 Å². The zero-order valence-electron chi connectivity index (χ0n) is 19.9. The van der Waals surface area contributed by atoms with Gasteiger partial charge in [0.15, 0.2) is 0 Å². The maximum absolute atomic E-state index is 13.0. The molecule has 3 aromatic carbocycles. The molecule has 0 radical (unpaired) electrons. The molecule has 7 nitrogen and oxygen atoms in total. The number of ether oxygens (including phenoxy) is 2. The number of rotatable bonds is 8. The van der Waals surface area contributed by atoms with Gasteiger partial charge < -0.3 is 19.4 Å². The summed E-state index contributed by atoms with van der Waals surface area (Å²) in [5.74, 6) is -0.976. The number of carbonyl (C=O) groups excluding carboxylic acids is 3. The van der Waals surface area contributed by atoms with Crippen molar-refractivity contribution < 1.29 is 23.9 Å². The average Bonchev–Trinajstić information content (AvgIpc) is 3.16. The lowest BCUT2D eigenvalue weighted by molar-refractivity contribution is -0.115. The third-order valence-corrected chi connectivity index (χ3v) is 5.81. The van der Waals surface area contributed by atoms with Crippen LogP contribution < -0.4 is 10.1 Å². The van der Waals surface area contributed by atoms with E-state index in [1.807, 2.05) is 41.8 Å². The number of alkyl halides is 1. The van der Waals surface area contributed by atoms with Crippen LogP contribution in [0.15, 0.2) is 72.8 Å². The summed E-state index contributed by atoms with van der Waals surface area (Å²) in [5.41, 5.74) is 3.31. The van der Waals surface area contributed by atoms with Crippen LogP contribution in [0.5, 0.6) is 5.75 Å². The first-order valence-corrected chi connectivity index (χ1v) is 12.0. The summed E-state index contributed by atoms with van der Waals surface area (Å²) in [7, 11) is 0. The number of hydrogen-bond donors (Lipinski definition) is 1. The lowest BCUT2D eigenvalue weighted by Crippen LogP contribution is -2.17. The smallest absolute Gasteiger partial charge is 0.345 e. The van der Waals surface area contributed by atoms with Gasteiger partial charge in [0.25, 0.3) is 0 Å². The van der Waals surface area contributed by atoms with Crippen molar-refractivity contribution in [2.45, 2.75) is 20.3 Å². The lowest BCUT2D eigenvalue weighted by atomic mass is 10.1. The Morgan fingerprint density at radius 1 is 0.944 bits per heavy atom. The van der Waals surface area contributed by atoms with E-state index in [0.717, 1.165) is 11.2 Å². The Morgan fingerprint density at radius 3 is 2.39 bits per heavy atom. The molecule has 1 heterocycles. The predicted molar refractivity (Wildman–Crippen MR) is 139 cm³/mol. The Labute approximate surface area is 213 Å². The molecule has 36 heavy (non-hydrogen) atoms.